The number of carbonyl (C=O) groups excluding carboxylic acids is 2. The van der Waals surface area contributed by atoms with Gasteiger partial charge in [-0.25, -0.2) is 9.79 Å². The van der Waals surface area contributed by atoms with Crippen LogP contribution in [0.4, 0.5) is 0 Å². The van der Waals surface area contributed by atoms with Gasteiger partial charge in [0, 0.05) is 12.8 Å². The predicted octanol–water partition coefficient (Wildman–Crippen LogP) is 4.46. The van der Waals surface area contributed by atoms with E-state index in [9.17, 15) is 9.59 Å². The van der Waals surface area contributed by atoms with E-state index in [2.05, 4.69) is 49.2 Å². The predicted molar refractivity (Wildman–Crippen MR) is 95.5 cm³/mol. The van der Waals surface area contributed by atoms with Gasteiger partial charge in [0.25, 0.3) is 0 Å². The molecule has 1 aromatic carbocycles. The second-order valence-corrected chi connectivity index (χ2v) is 7.79. The third-order valence-corrected chi connectivity index (χ3v) is 5.69. The number of carbonyl (C=O) groups is 1. The van der Waals surface area contributed by atoms with Crippen LogP contribution in [0.15, 0.2) is 34.8 Å². The molecule has 0 spiro atoms. The smallest absolute Gasteiger partial charge is 0.234 e. The number of hydrogen-bond donors (Lipinski definition) is 0. The molecule has 3 rings (SSSR count). The summed E-state index contributed by atoms with van der Waals surface area (Å²) in [5.74, 6) is 1.40. The van der Waals surface area contributed by atoms with Gasteiger partial charge < -0.3 is 0 Å². The molecule has 0 N–H and O–H groups in total. The maximum absolute atomic E-state index is 11.7. The number of fused-ring (bicyclic) bond motifs is 2. The monoisotopic (exact) mass is 323 g/mol. The van der Waals surface area contributed by atoms with Gasteiger partial charge in [-0.2, -0.15) is 0 Å². The maximum Gasteiger partial charge on any atom is 0.234 e. The Bertz CT molecular complexity index is 675. The summed E-state index contributed by atoms with van der Waals surface area (Å²) in [5, 5.41) is 0. The molecule has 2 saturated carbocycles. The molecule has 0 amide bonds. The molecule has 126 valence electrons. The molecule has 2 bridgehead atoms. The molecule has 2 unspecified atom stereocenters. The van der Waals surface area contributed by atoms with E-state index in [1.54, 1.807) is 6.08 Å². The molecule has 0 aromatic heterocycles. The highest BCUT2D eigenvalue weighted by molar-refractivity contribution is 5.82. The van der Waals surface area contributed by atoms with E-state index in [1.807, 2.05) is 0 Å². The Balaban J connectivity index is 1.74. The van der Waals surface area contributed by atoms with Crippen LogP contribution in [0.25, 0.3) is 6.08 Å². The van der Waals surface area contributed by atoms with Gasteiger partial charge in [-0.1, -0.05) is 49.8 Å². The summed E-state index contributed by atoms with van der Waals surface area (Å²) in [6.45, 7) is 4.86. The first-order chi connectivity index (χ1) is 11.5. The van der Waals surface area contributed by atoms with Crippen molar-refractivity contribution < 1.29 is 9.59 Å². The number of nitrogens with zero attached hydrogens (tertiary/aromatic N) is 1. The molecule has 0 saturated heterocycles. The van der Waals surface area contributed by atoms with Crippen LogP contribution in [0.2, 0.25) is 0 Å². The Labute approximate surface area is 143 Å². The number of aliphatic imine (C=N–C) groups is 1. The number of isocyanates is 1. The van der Waals surface area contributed by atoms with Crippen molar-refractivity contribution in [3.05, 3.63) is 41.0 Å². The van der Waals surface area contributed by atoms with Crippen LogP contribution in [0.5, 0.6) is 0 Å². The fourth-order valence-corrected chi connectivity index (χ4v) is 4.13. The lowest BCUT2D eigenvalue weighted by atomic mass is 9.80. The van der Waals surface area contributed by atoms with Crippen LogP contribution in [-0.2, 0) is 15.0 Å². The molecule has 2 atom stereocenters. The molecule has 0 heterocycles. The number of ketones is 1. The molecule has 2 aliphatic rings. The highest BCUT2D eigenvalue weighted by Gasteiger charge is 2.37. The van der Waals surface area contributed by atoms with Crippen molar-refractivity contribution in [1.29, 1.82) is 0 Å². The zero-order valence-corrected chi connectivity index (χ0v) is 14.5. The second kappa shape index (κ2) is 6.86. The minimum Gasteiger partial charge on any atom is -0.300 e. The van der Waals surface area contributed by atoms with Crippen molar-refractivity contribution in [2.75, 3.05) is 6.54 Å². The van der Waals surface area contributed by atoms with E-state index in [1.165, 1.54) is 29.5 Å². The third kappa shape index (κ3) is 3.57. The first-order valence-corrected chi connectivity index (χ1v) is 8.87. The van der Waals surface area contributed by atoms with Gasteiger partial charge in [-0.3, -0.25) is 4.79 Å². The van der Waals surface area contributed by atoms with E-state index in [4.69, 9.17) is 0 Å². The SMILES string of the molecule is CC(C)(CCN=C=O)c1ccc(C=C2C3CCC2CC(=O)C3)cc1. The molecule has 3 heteroatoms. The van der Waals surface area contributed by atoms with Gasteiger partial charge in [-0.05, 0) is 47.6 Å². The van der Waals surface area contributed by atoms with Crippen molar-refractivity contribution in [1.82, 2.24) is 0 Å². The van der Waals surface area contributed by atoms with Crippen molar-refractivity contribution in [3.63, 3.8) is 0 Å². The minimum absolute atomic E-state index is 0.0116. The normalized spacial score (nSPS) is 23.1. The Morgan fingerprint density at radius 2 is 1.79 bits per heavy atom. The average Bonchev–Trinajstić information content (AvgIpc) is 2.78. The van der Waals surface area contributed by atoms with Gasteiger partial charge in [0.15, 0.2) is 0 Å². The summed E-state index contributed by atoms with van der Waals surface area (Å²) in [4.78, 5) is 25.6. The molecular weight excluding hydrogens is 298 g/mol. The Morgan fingerprint density at radius 3 is 2.38 bits per heavy atom. The van der Waals surface area contributed by atoms with Crippen molar-refractivity contribution in [3.8, 4) is 0 Å². The number of benzene rings is 1. The average molecular weight is 323 g/mol. The van der Waals surface area contributed by atoms with E-state index < -0.39 is 0 Å². The van der Waals surface area contributed by atoms with Crippen molar-refractivity contribution in [2.24, 2.45) is 16.8 Å². The van der Waals surface area contributed by atoms with Gasteiger partial charge in [0.05, 0.1) is 6.54 Å². The number of Topliss-reactive ketones (excluding diaryl/α,β-unsaturated/α-hetero) is 1. The van der Waals surface area contributed by atoms with E-state index in [0.29, 0.717) is 24.2 Å². The van der Waals surface area contributed by atoms with Crippen LogP contribution in [-0.4, -0.2) is 18.4 Å². The summed E-state index contributed by atoms with van der Waals surface area (Å²) in [6.07, 6.45) is 8.57. The van der Waals surface area contributed by atoms with Crippen LogP contribution in [0, 0.1) is 11.8 Å². The molecule has 2 aliphatic carbocycles. The maximum atomic E-state index is 11.7. The van der Waals surface area contributed by atoms with Gasteiger partial charge in [0.2, 0.25) is 6.08 Å². The highest BCUT2D eigenvalue weighted by atomic mass is 16.1. The molecule has 2 fully saturated rings. The second-order valence-electron chi connectivity index (χ2n) is 7.79. The lowest BCUT2D eigenvalue weighted by molar-refractivity contribution is -0.120. The Hall–Kier alpha value is -1.99. The van der Waals surface area contributed by atoms with E-state index >= 15 is 0 Å². The first kappa shape index (κ1) is 16.9. The zero-order valence-electron chi connectivity index (χ0n) is 14.5. The summed E-state index contributed by atoms with van der Waals surface area (Å²) >= 11 is 0. The number of hydrogen-bond acceptors (Lipinski definition) is 3. The topological polar surface area (TPSA) is 46.5 Å². The van der Waals surface area contributed by atoms with Crippen LogP contribution in [0.1, 0.15) is 57.1 Å². The largest absolute Gasteiger partial charge is 0.300 e. The molecule has 3 nitrogen and oxygen atoms in total. The van der Waals surface area contributed by atoms with Crippen molar-refractivity contribution >= 4 is 17.9 Å². The van der Waals surface area contributed by atoms with Crippen LogP contribution in [0.3, 0.4) is 0 Å². The quantitative estimate of drug-likeness (QED) is 0.593. The lowest BCUT2D eigenvalue weighted by Gasteiger charge is -2.25. The standard InChI is InChI=1S/C21H25NO2/c1-21(2,9-10-22-14-23)18-7-3-15(4-8-18)11-20-16-5-6-17(20)13-19(24)12-16/h3-4,7-8,11,16-17H,5-6,9-10,12-13H2,1-2H3. The van der Waals surface area contributed by atoms with E-state index in [0.717, 1.165) is 19.3 Å². The third-order valence-electron chi connectivity index (χ3n) is 5.69. The minimum atomic E-state index is -0.0116. The number of rotatable bonds is 5. The fourth-order valence-electron chi connectivity index (χ4n) is 4.13. The van der Waals surface area contributed by atoms with Gasteiger partial charge in [0.1, 0.15) is 5.78 Å². The van der Waals surface area contributed by atoms with Gasteiger partial charge >= 0.3 is 0 Å². The molecule has 1 aromatic rings. The summed E-state index contributed by atoms with van der Waals surface area (Å²) in [6, 6.07) is 8.69. The fraction of sp³-hybridized carbons (Fsp3) is 0.524. The summed E-state index contributed by atoms with van der Waals surface area (Å²) < 4.78 is 0. The van der Waals surface area contributed by atoms with Gasteiger partial charge in [-0.15, -0.1) is 0 Å². The van der Waals surface area contributed by atoms with Crippen molar-refractivity contribution in [2.45, 2.75) is 51.4 Å². The number of allylic oxidation sites excluding steroid dienone is 1. The van der Waals surface area contributed by atoms with E-state index in [-0.39, 0.29) is 5.41 Å². The Kier molecular flexibility index (Phi) is 4.82. The molecule has 0 aliphatic heterocycles. The zero-order chi connectivity index (χ0) is 17.2. The molecule has 0 radical (unpaired) electrons. The summed E-state index contributed by atoms with van der Waals surface area (Å²) in [5.41, 5.74) is 3.96. The highest BCUT2D eigenvalue weighted by Crippen LogP contribution is 2.45. The van der Waals surface area contributed by atoms with Crippen LogP contribution < -0.4 is 0 Å². The summed E-state index contributed by atoms with van der Waals surface area (Å²) in [7, 11) is 0. The van der Waals surface area contributed by atoms with Crippen LogP contribution >= 0.6 is 0 Å². The Morgan fingerprint density at radius 1 is 1.17 bits per heavy atom. The first-order valence-electron chi connectivity index (χ1n) is 8.87. The molecule has 24 heavy (non-hydrogen) atoms. The molecular formula is C21H25NO2. The lowest BCUT2D eigenvalue weighted by Crippen LogP contribution is -2.18.